The van der Waals surface area contributed by atoms with Crippen LogP contribution < -0.4 is 20.4 Å². The number of ether oxygens (including phenoxy) is 1. The smallest absolute Gasteiger partial charge is 0.338 e. The molecule has 1 heterocycles. The Labute approximate surface area is 267 Å². The lowest BCUT2D eigenvalue weighted by Crippen LogP contribution is -2.54. The van der Waals surface area contributed by atoms with Crippen LogP contribution in [0.15, 0.2) is 97.1 Å². The van der Waals surface area contributed by atoms with Gasteiger partial charge in [-0.15, -0.1) is 0 Å². The molecule has 0 aliphatic carbocycles. The normalized spacial score (nSPS) is 14.2. The molecule has 0 spiro atoms. The van der Waals surface area contributed by atoms with Gasteiger partial charge in [0.25, 0.3) is 11.8 Å². The second kappa shape index (κ2) is 13.9. The van der Waals surface area contributed by atoms with E-state index in [-0.39, 0.29) is 31.4 Å². The Morgan fingerprint density at radius 3 is 2.22 bits per heavy atom. The second-order valence-corrected chi connectivity index (χ2v) is 10.9. The summed E-state index contributed by atoms with van der Waals surface area (Å²) in [5.74, 6) is -1.69. The average molecular weight is 619 g/mol. The summed E-state index contributed by atoms with van der Waals surface area (Å²) in [5, 5.41) is 5.40. The Kier molecular flexibility index (Phi) is 9.56. The van der Waals surface area contributed by atoms with Gasteiger partial charge in [-0.25, -0.2) is 9.59 Å². The molecule has 4 amide bonds. The highest BCUT2D eigenvalue weighted by Crippen LogP contribution is 2.35. The first-order chi connectivity index (χ1) is 22.2. The fourth-order valence-electron chi connectivity index (χ4n) is 5.29. The predicted molar refractivity (Wildman–Crippen MR) is 176 cm³/mol. The molecule has 1 unspecified atom stereocenters. The van der Waals surface area contributed by atoms with Crippen LogP contribution in [-0.2, 0) is 9.53 Å². The summed E-state index contributed by atoms with van der Waals surface area (Å²) in [6.45, 7) is 5.13. The van der Waals surface area contributed by atoms with Gasteiger partial charge in [0.15, 0.2) is 5.78 Å². The first-order valence-corrected chi connectivity index (χ1v) is 14.9. The molecule has 5 rings (SSSR count). The van der Waals surface area contributed by atoms with Gasteiger partial charge < -0.3 is 25.2 Å². The van der Waals surface area contributed by atoms with Gasteiger partial charge in [0.1, 0.15) is 6.04 Å². The molecule has 0 aromatic heterocycles. The maximum absolute atomic E-state index is 14.3. The minimum absolute atomic E-state index is 0.188. The van der Waals surface area contributed by atoms with Gasteiger partial charge in [-0.2, -0.15) is 0 Å². The average Bonchev–Trinajstić information content (AvgIpc) is 3.15. The lowest BCUT2D eigenvalue weighted by atomic mass is 10.0. The molecule has 0 radical (unpaired) electrons. The lowest BCUT2D eigenvalue weighted by molar-refractivity contribution is -0.119. The fourth-order valence-corrected chi connectivity index (χ4v) is 5.29. The molecule has 1 aliphatic heterocycles. The summed E-state index contributed by atoms with van der Waals surface area (Å²) in [6.07, 6.45) is 0. The number of amides is 4. The van der Waals surface area contributed by atoms with E-state index in [2.05, 4.69) is 10.6 Å². The van der Waals surface area contributed by atoms with Crippen LogP contribution in [0.1, 0.15) is 49.1 Å². The lowest BCUT2D eigenvalue weighted by Gasteiger charge is -2.26. The number of anilines is 3. The van der Waals surface area contributed by atoms with Crippen molar-refractivity contribution in [1.29, 1.82) is 0 Å². The van der Waals surface area contributed by atoms with Crippen molar-refractivity contribution in [2.45, 2.75) is 26.8 Å². The number of carbonyl (C=O) groups is 5. The summed E-state index contributed by atoms with van der Waals surface area (Å²) in [7, 11) is 0. The van der Waals surface area contributed by atoms with Crippen LogP contribution in [0.2, 0.25) is 0 Å². The number of fused-ring (bicyclic) bond motifs is 1. The first kappa shape index (κ1) is 31.6. The molecule has 2 N–H and O–H groups in total. The van der Waals surface area contributed by atoms with E-state index in [0.717, 1.165) is 11.1 Å². The van der Waals surface area contributed by atoms with E-state index in [1.165, 1.54) is 34.1 Å². The highest BCUT2D eigenvalue weighted by molar-refractivity contribution is 6.15. The van der Waals surface area contributed by atoms with E-state index >= 15 is 0 Å². The van der Waals surface area contributed by atoms with Gasteiger partial charge in [0.2, 0.25) is 0 Å². The van der Waals surface area contributed by atoms with E-state index in [9.17, 15) is 24.0 Å². The zero-order valence-electron chi connectivity index (χ0n) is 25.8. The largest absolute Gasteiger partial charge is 0.462 e. The van der Waals surface area contributed by atoms with Gasteiger partial charge in [0, 0.05) is 16.8 Å². The van der Waals surface area contributed by atoms with Crippen molar-refractivity contribution in [3.8, 4) is 0 Å². The Balaban J connectivity index is 1.49. The van der Waals surface area contributed by atoms with Crippen LogP contribution in [-0.4, -0.2) is 55.3 Å². The molecule has 0 bridgehead atoms. The van der Waals surface area contributed by atoms with Crippen molar-refractivity contribution >= 4 is 46.7 Å². The summed E-state index contributed by atoms with van der Waals surface area (Å²) >= 11 is 0. The maximum atomic E-state index is 14.3. The number of hydrogen-bond donors (Lipinski definition) is 2. The molecule has 0 fully saturated rings. The SMILES string of the molecule is CCOC(=O)c1ccc(NC(=O)NC2CN(C(=O)c3ccccc3)c3ccc(C)cc3N(CC(=O)c3ccccc3C)C2=O)cc1. The van der Waals surface area contributed by atoms with Crippen molar-refractivity contribution in [1.82, 2.24) is 5.32 Å². The Morgan fingerprint density at radius 2 is 1.52 bits per heavy atom. The van der Waals surface area contributed by atoms with Gasteiger partial charge in [-0.1, -0.05) is 48.5 Å². The Hall–Kier alpha value is -5.77. The van der Waals surface area contributed by atoms with Crippen LogP contribution in [0, 0.1) is 13.8 Å². The maximum Gasteiger partial charge on any atom is 0.338 e. The highest BCUT2D eigenvalue weighted by Gasteiger charge is 2.38. The summed E-state index contributed by atoms with van der Waals surface area (Å²) in [6, 6.07) is 25.3. The minimum atomic E-state index is -1.22. The predicted octanol–water partition coefficient (Wildman–Crippen LogP) is 5.55. The molecule has 0 saturated carbocycles. The van der Waals surface area contributed by atoms with E-state index < -0.39 is 23.9 Å². The third-order valence-corrected chi connectivity index (χ3v) is 7.61. The number of rotatable bonds is 8. The topological polar surface area (TPSA) is 125 Å². The number of benzene rings is 4. The number of ketones is 1. The molecule has 10 heteroatoms. The number of urea groups is 1. The van der Waals surface area contributed by atoms with Crippen LogP contribution >= 0.6 is 0 Å². The third kappa shape index (κ3) is 6.96. The second-order valence-electron chi connectivity index (χ2n) is 10.9. The van der Waals surface area contributed by atoms with Crippen molar-refractivity contribution in [2.75, 3.05) is 34.8 Å². The molecular weight excluding hydrogens is 584 g/mol. The molecule has 234 valence electrons. The quantitative estimate of drug-likeness (QED) is 0.197. The number of esters is 1. The van der Waals surface area contributed by atoms with Crippen molar-refractivity contribution < 1.29 is 28.7 Å². The molecular formula is C36H34N4O6. The number of aryl methyl sites for hydroxylation is 2. The number of nitrogens with zero attached hydrogens (tertiary/aromatic N) is 2. The molecule has 4 aromatic rings. The molecule has 46 heavy (non-hydrogen) atoms. The number of hydrogen-bond acceptors (Lipinski definition) is 6. The van der Waals surface area contributed by atoms with Gasteiger partial charge in [0.05, 0.1) is 36.6 Å². The van der Waals surface area contributed by atoms with Gasteiger partial charge in [-0.05, 0) is 80.4 Å². The zero-order valence-corrected chi connectivity index (χ0v) is 25.8. The van der Waals surface area contributed by atoms with Crippen LogP contribution in [0.25, 0.3) is 0 Å². The molecule has 10 nitrogen and oxygen atoms in total. The van der Waals surface area contributed by atoms with E-state index in [1.807, 2.05) is 32.0 Å². The van der Waals surface area contributed by atoms with Crippen molar-refractivity contribution in [3.63, 3.8) is 0 Å². The molecule has 0 saturated heterocycles. The van der Waals surface area contributed by atoms with Crippen molar-refractivity contribution in [2.24, 2.45) is 0 Å². The number of Topliss-reactive ketones (excluding diaryl/α,β-unsaturated/α-hetero) is 1. The number of carbonyl (C=O) groups excluding carboxylic acids is 5. The minimum Gasteiger partial charge on any atom is -0.462 e. The monoisotopic (exact) mass is 618 g/mol. The summed E-state index contributed by atoms with van der Waals surface area (Å²) in [4.78, 5) is 69.9. The summed E-state index contributed by atoms with van der Waals surface area (Å²) < 4.78 is 5.00. The van der Waals surface area contributed by atoms with E-state index in [1.54, 1.807) is 61.5 Å². The van der Waals surface area contributed by atoms with E-state index in [0.29, 0.717) is 33.8 Å². The van der Waals surface area contributed by atoms with Crippen LogP contribution in [0.5, 0.6) is 0 Å². The highest BCUT2D eigenvalue weighted by atomic mass is 16.5. The fraction of sp³-hybridized carbons (Fsp3) is 0.194. The van der Waals surface area contributed by atoms with Gasteiger partial charge in [-0.3, -0.25) is 14.4 Å². The first-order valence-electron chi connectivity index (χ1n) is 14.9. The van der Waals surface area contributed by atoms with Gasteiger partial charge >= 0.3 is 12.0 Å². The molecule has 1 atom stereocenters. The Bertz CT molecular complexity index is 1790. The standard InChI is InChI=1S/C36H34N4O6/c1-4-46-35(44)26-15-17-27(18-16-26)37-36(45)38-29-21-39(33(42)25-11-6-5-7-12-25)30-19-14-23(2)20-31(30)40(34(29)43)22-32(41)28-13-9-8-10-24(28)3/h5-20,29H,4,21-22H2,1-3H3,(H2,37,38,45). The molecule has 1 aliphatic rings. The van der Waals surface area contributed by atoms with E-state index in [4.69, 9.17) is 4.74 Å². The zero-order chi connectivity index (χ0) is 32.8. The summed E-state index contributed by atoms with van der Waals surface area (Å²) in [5.41, 5.74) is 3.97. The van der Waals surface area contributed by atoms with Crippen LogP contribution in [0.3, 0.4) is 0 Å². The van der Waals surface area contributed by atoms with Crippen LogP contribution in [0.4, 0.5) is 21.9 Å². The number of nitrogens with one attached hydrogen (secondary N) is 2. The Morgan fingerprint density at radius 1 is 0.826 bits per heavy atom. The molecule has 4 aromatic carbocycles. The third-order valence-electron chi connectivity index (χ3n) is 7.61. The van der Waals surface area contributed by atoms with Crippen molar-refractivity contribution in [3.05, 3.63) is 125 Å².